The van der Waals surface area contributed by atoms with Gasteiger partial charge in [-0.25, -0.2) is 0 Å². The van der Waals surface area contributed by atoms with E-state index in [2.05, 4.69) is 43.4 Å². The van der Waals surface area contributed by atoms with Gasteiger partial charge in [0.25, 0.3) is 5.69 Å². The van der Waals surface area contributed by atoms with Gasteiger partial charge in [0.15, 0.2) is 0 Å². The molecule has 1 atom stereocenters. The number of nitrogens with one attached hydrogen (secondary N) is 1. The molecule has 0 saturated carbocycles. The van der Waals surface area contributed by atoms with Gasteiger partial charge in [0, 0.05) is 24.7 Å². The number of benzene rings is 2. The van der Waals surface area contributed by atoms with Crippen LogP contribution < -0.4 is 5.32 Å². The minimum absolute atomic E-state index is 0.134. The summed E-state index contributed by atoms with van der Waals surface area (Å²) in [6, 6.07) is 15.9. The van der Waals surface area contributed by atoms with Gasteiger partial charge in [0.05, 0.1) is 4.92 Å². The standard InChI is InChI=1S/C22H30N2O2/c1-3-5-8-18-12-14-19(15-13-18)17-23-22(11-6-4-2)20-9-7-10-21(16-20)24(25)26/h7,9-10,12-16,22-23H,3-6,8,11,17H2,1-2H3. The monoisotopic (exact) mass is 354 g/mol. The van der Waals surface area contributed by atoms with E-state index in [-0.39, 0.29) is 16.7 Å². The molecule has 0 amide bonds. The van der Waals surface area contributed by atoms with Crippen molar-refractivity contribution in [1.29, 1.82) is 0 Å². The minimum Gasteiger partial charge on any atom is -0.306 e. The molecule has 4 nitrogen and oxygen atoms in total. The number of hydrogen-bond acceptors (Lipinski definition) is 3. The van der Waals surface area contributed by atoms with Gasteiger partial charge in [-0.15, -0.1) is 0 Å². The summed E-state index contributed by atoms with van der Waals surface area (Å²) in [4.78, 5) is 10.7. The highest BCUT2D eigenvalue weighted by molar-refractivity contribution is 5.36. The molecule has 0 fully saturated rings. The third-order valence-corrected chi connectivity index (χ3v) is 4.72. The SMILES string of the molecule is CCCCc1ccc(CNC(CCCC)c2cccc([N+](=O)[O-])c2)cc1. The Bertz CT molecular complexity index is 683. The number of rotatable bonds is 11. The van der Waals surface area contributed by atoms with Gasteiger partial charge < -0.3 is 5.32 Å². The number of nitro benzene ring substituents is 1. The van der Waals surface area contributed by atoms with Crippen LogP contribution in [0.15, 0.2) is 48.5 Å². The summed E-state index contributed by atoms with van der Waals surface area (Å²) in [6.07, 6.45) is 6.76. The zero-order valence-corrected chi connectivity index (χ0v) is 15.9. The molecule has 0 aliphatic heterocycles. The van der Waals surface area contributed by atoms with Crippen LogP contribution in [0.1, 0.15) is 68.7 Å². The zero-order valence-electron chi connectivity index (χ0n) is 15.9. The van der Waals surface area contributed by atoms with Crippen LogP contribution in [-0.2, 0) is 13.0 Å². The smallest absolute Gasteiger partial charge is 0.269 e. The van der Waals surface area contributed by atoms with Crippen molar-refractivity contribution in [3.8, 4) is 0 Å². The normalized spacial score (nSPS) is 12.1. The van der Waals surface area contributed by atoms with Crippen LogP contribution >= 0.6 is 0 Å². The third-order valence-electron chi connectivity index (χ3n) is 4.72. The molecule has 0 aliphatic carbocycles. The Hall–Kier alpha value is -2.20. The molecule has 4 heteroatoms. The largest absolute Gasteiger partial charge is 0.306 e. The van der Waals surface area contributed by atoms with Crippen LogP contribution in [0.3, 0.4) is 0 Å². The predicted molar refractivity (Wildman–Crippen MR) is 107 cm³/mol. The number of nitrogens with zero attached hydrogens (tertiary/aromatic N) is 1. The first-order valence-electron chi connectivity index (χ1n) is 9.69. The third kappa shape index (κ3) is 6.26. The van der Waals surface area contributed by atoms with Gasteiger partial charge in [-0.1, -0.05) is 69.5 Å². The van der Waals surface area contributed by atoms with Crippen molar-refractivity contribution < 1.29 is 4.92 Å². The molecule has 0 spiro atoms. The molecule has 140 valence electrons. The maximum Gasteiger partial charge on any atom is 0.269 e. The molecule has 0 radical (unpaired) electrons. The Kier molecular flexibility index (Phi) is 8.29. The maximum absolute atomic E-state index is 11.1. The molecule has 0 saturated heterocycles. The molecular weight excluding hydrogens is 324 g/mol. The van der Waals surface area contributed by atoms with Crippen molar-refractivity contribution in [2.45, 2.75) is 65.0 Å². The zero-order chi connectivity index (χ0) is 18.8. The van der Waals surface area contributed by atoms with Crippen molar-refractivity contribution in [1.82, 2.24) is 5.32 Å². The van der Waals surface area contributed by atoms with Gasteiger partial charge in [-0.2, -0.15) is 0 Å². The summed E-state index contributed by atoms with van der Waals surface area (Å²) >= 11 is 0. The summed E-state index contributed by atoms with van der Waals surface area (Å²) in [5.74, 6) is 0. The van der Waals surface area contributed by atoms with Crippen molar-refractivity contribution in [2.75, 3.05) is 0 Å². The maximum atomic E-state index is 11.1. The van der Waals surface area contributed by atoms with E-state index < -0.39 is 0 Å². The molecule has 1 unspecified atom stereocenters. The lowest BCUT2D eigenvalue weighted by Crippen LogP contribution is -2.21. The molecule has 0 aromatic heterocycles. The molecule has 1 N–H and O–H groups in total. The van der Waals surface area contributed by atoms with Crippen molar-refractivity contribution in [2.24, 2.45) is 0 Å². The van der Waals surface area contributed by atoms with Crippen LogP contribution in [-0.4, -0.2) is 4.92 Å². The second-order valence-corrected chi connectivity index (χ2v) is 6.85. The Labute approximate surface area is 156 Å². The molecule has 26 heavy (non-hydrogen) atoms. The van der Waals surface area contributed by atoms with Crippen LogP contribution in [0.2, 0.25) is 0 Å². The summed E-state index contributed by atoms with van der Waals surface area (Å²) in [6.45, 7) is 5.15. The second kappa shape index (κ2) is 10.7. The lowest BCUT2D eigenvalue weighted by Gasteiger charge is -2.19. The fourth-order valence-electron chi connectivity index (χ4n) is 3.10. The number of non-ortho nitro benzene ring substituents is 1. The van der Waals surface area contributed by atoms with Crippen molar-refractivity contribution >= 4 is 5.69 Å². The number of hydrogen-bond donors (Lipinski definition) is 1. The van der Waals surface area contributed by atoms with E-state index in [1.54, 1.807) is 18.2 Å². The van der Waals surface area contributed by atoms with Crippen molar-refractivity contribution in [3.63, 3.8) is 0 Å². The highest BCUT2D eigenvalue weighted by atomic mass is 16.6. The predicted octanol–water partition coefficient (Wildman–Crippen LogP) is 5.96. The summed E-state index contributed by atoms with van der Waals surface area (Å²) in [7, 11) is 0. The lowest BCUT2D eigenvalue weighted by molar-refractivity contribution is -0.384. The fraction of sp³-hybridized carbons (Fsp3) is 0.455. The Morgan fingerprint density at radius 2 is 1.69 bits per heavy atom. The topological polar surface area (TPSA) is 55.2 Å². The first-order chi connectivity index (χ1) is 12.6. The van der Waals surface area contributed by atoms with Gasteiger partial charge in [0.1, 0.15) is 0 Å². The van der Waals surface area contributed by atoms with Gasteiger partial charge >= 0.3 is 0 Å². The van der Waals surface area contributed by atoms with Crippen molar-refractivity contribution in [3.05, 3.63) is 75.3 Å². The number of aryl methyl sites for hydroxylation is 1. The fourth-order valence-corrected chi connectivity index (χ4v) is 3.10. The second-order valence-electron chi connectivity index (χ2n) is 6.85. The number of unbranched alkanes of at least 4 members (excludes halogenated alkanes) is 2. The minimum atomic E-state index is -0.324. The van der Waals surface area contributed by atoms with Gasteiger partial charge in [-0.3, -0.25) is 10.1 Å². The quantitative estimate of drug-likeness (QED) is 0.400. The Morgan fingerprint density at radius 3 is 2.35 bits per heavy atom. The Morgan fingerprint density at radius 1 is 1.00 bits per heavy atom. The van der Waals surface area contributed by atoms with E-state index in [9.17, 15) is 10.1 Å². The van der Waals surface area contributed by atoms with Crippen LogP contribution in [0, 0.1) is 10.1 Å². The van der Waals surface area contributed by atoms with E-state index in [0.717, 1.165) is 37.8 Å². The average Bonchev–Trinajstić information content (AvgIpc) is 2.67. The van der Waals surface area contributed by atoms with Crippen LogP contribution in [0.5, 0.6) is 0 Å². The first kappa shape index (κ1) is 20.1. The average molecular weight is 354 g/mol. The molecular formula is C22H30N2O2. The molecule has 0 heterocycles. The van der Waals surface area contributed by atoms with Crippen LogP contribution in [0.4, 0.5) is 5.69 Å². The highest BCUT2D eigenvalue weighted by Gasteiger charge is 2.14. The van der Waals surface area contributed by atoms with Crippen LogP contribution in [0.25, 0.3) is 0 Å². The summed E-state index contributed by atoms with van der Waals surface area (Å²) in [5, 5.41) is 14.7. The van der Waals surface area contributed by atoms with E-state index in [1.165, 1.54) is 24.0 Å². The lowest BCUT2D eigenvalue weighted by atomic mass is 10.00. The highest BCUT2D eigenvalue weighted by Crippen LogP contribution is 2.24. The molecule has 0 bridgehead atoms. The number of nitro groups is 1. The van der Waals surface area contributed by atoms with Gasteiger partial charge in [0.2, 0.25) is 0 Å². The molecule has 2 rings (SSSR count). The van der Waals surface area contributed by atoms with E-state index in [1.807, 2.05) is 6.07 Å². The first-order valence-corrected chi connectivity index (χ1v) is 9.69. The van der Waals surface area contributed by atoms with E-state index in [4.69, 9.17) is 0 Å². The summed E-state index contributed by atoms with van der Waals surface area (Å²) in [5.41, 5.74) is 3.78. The Balaban J connectivity index is 2.03. The molecule has 0 aliphatic rings. The molecule has 2 aromatic rings. The summed E-state index contributed by atoms with van der Waals surface area (Å²) < 4.78 is 0. The van der Waals surface area contributed by atoms with Gasteiger partial charge in [-0.05, 0) is 36.0 Å². The van der Waals surface area contributed by atoms with E-state index in [0.29, 0.717) is 0 Å². The molecule has 2 aromatic carbocycles. The van der Waals surface area contributed by atoms with E-state index >= 15 is 0 Å².